The van der Waals surface area contributed by atoms with E-state index in [4.69, 9.17) is 9.47 Å². The van der Waals surface area contributed by atoms with Gasteiger partial charge in [-0.2, -0.15) is 0 Å². The van der Waals surface area contributed by atoms with E-state index >= 15 is 0 Å². The summed E-state index contributed by atoms with van der Waals surface area (Å²) in [5.41, 5.74) is 7.24. The number of anilines is 4. The minimum absolute atomic E-state index is 0.00819. The predicted octanol–water partition coefficient (Wildman–Crippen LogP) is 7.80. The summed E-state index contributed by atoms with van der Waals surface area (Å²) in [7, 11) is 0. The summed E-state index contributed by atoms with van der Waals surface area (Å²) >= 11 is 0. The second-order valence-corrected chi connectivity index (χ2v) is 12.2. The molecule has 2 aliphatic rings. The van der Waals surface area contributed by atoms with Crippen LogP contribution < -0.4 is 20.3 Å². The maximum absolute atomic E-state index is 14.5. The van der Waals surface area contributed by atoms with Gasteiger partial charge >= 0.3 is 0 Å². The number of rotatable bonds is 8. The minimum atomic E-state index is -0.601. The smallest absolute Gasteiger partial charge is 0.257 e. The zero-order chi connectivity index (χ0) is 33.3. The Morgan fingerprint density at radius 2 is 1.65 bits per heavy atom. The van der Waals surface area contributed by atoms with E-state index in [0.717, 1.165) is 65.3 Å². The molecule has 1 amide bonds. The molecule has 0 aliphatic carbocycles. The number of hydrogen-bond acceptors (Lipinski definition) is 6. The first kappa shape index (κ1) is 30.6. The van der Waals surface area contributed by atoms with Gasteiger partial charge in [-0.25, -0.2) is 8.78 Å². The first-order valence-electron chi connectivity index (χ1n) is 16.3. The number of nitrogens with zero attached hydrogens (tertiary/aromatic N) is 3. The van der Waals surface area contributed by atoms with Gasteiger partial charge < -0.3 is 29.6 Å². The van der Waals surface area contributed by atoms with Crippen molar-refractivity contribution >= 4 is 39.6 Å². The van der Waals surface area contributed by atoms with Gasteiger partial charge in [0.2, 0.25) is 0 Å². The number of ether oxygens (including phenoxy) is 2. The van der Waals surface area contributed by atoms with Crippen molar-refractivity contribution in [3.05, 3.63) is 132 Å². The molecule has 49 heavy (non-hydrogen) atoms. The SMILES string of the molecule is O=C1Nc2cc(CCOc3ccc(N4CCOCC4)cc3)ccc2Nc2cc(-c3cn(Cc4c(F)cccc4F)c4cnccc34)ccc21. The second kappa shape index (κ2) is 13.0. The largest absolute Gasteiger partial charge is 0.493 e. The number of carbonyl (C=O) groups excluding carboxylic acids is 1. The summed E-state index contributed by atoms with van der Waals surface area (Å²) < 4.78 is 42.4. The van der Waals surface area contributed by atoms with Crippen molar-refractivity contribution < 1.29 is 23.0 Å². The zero-order valence-electron chi connectivity index (χ0n) is 26.6. The summed E-state index contributed by atoms with van der Waals surface area (Å²) in [6.07, 6.45) is 5.92. The van der Waals surface area contributed by atoms with Crippen LogP contribution in [-0.4, -0.2) is 48.4 Å². The van der Waals surface area contributed by atoms with E-state index in [9.17, 15) is 13.6 Å². The lowest BCUT2D eigenvalue weighted by molar-refractivity contribution is 0.102. The van der Waals surface area contributed by atoms with Crippen LogP contribution in [0.25, 0.3) is 22.0 Å². The highest BCUT2D eigenvalue weighted by atomic mass is 19.1. The maximum atomic E-state index is 14.5. The lowest BCUT2D eigenvalue weighted by atomic mass is 10.0. The number of amides is 1. The molecule has 1 fully saturated rings. The van der Waals surface area contributed by atoms with Gasteiger partial charge in [0, 0.05) is 54.1 Å². The Morgan fingerprint density at radius 3 is 2.47 bits per heavy atom. The summed E-state index contributed by atoms with van der Waals surface area (Å²) in [6, 6.07) is 25.5. The molecule has 0 unspecified atom stereocenters. The average Bonchev–Trinajstić information content (AvgIpc) is 3.43. The molecule has 0 atom stereocenters. The van der Waals surface area contributed by atoms with Crippen LogP contribution in [-0.2, 0) is 17.7 Å². The second-order valence-electron chi connectivity index (χ2n) is 12.2. The number of pyridine rings is 1. The van der Waals surface area contributed by atoms with Gasteiger partial charge in [0.1, 0.15) is 17.4 Å². The lowest BCUT2D eigenvalue weighted by Gasteiger charge is -2.28. The van der Waals surface area contributed by atoms with Gasteiger partial charge in [-0.15, -0.1) is 0 Å². The molecule has 0 radical (unpaired) electrons. The molecule has 8 rings (SSSR count). The number of fused-ring (bicyclic) bond motifs is 3. The van der Waals surface area contributed by atoms with Gasteiger partial charge in [0.05, 0.1) is 60.7 Å². The molecule has 6 aromatic rings. The number of benzene rings is 4. The van der Waals surface area contributed by atoms with E-state index in [-0.39, 0.29) is 18.0 Å². The monoisotopic (exact) mass is 657 g/mol. The minimum Gasteiger partial charge on any atom is -0.493 e. The van der Waals surface area contributed by atoms with Crippen LogP contribution in [0.4, 0.5) is 31.5 Å². The van der Waals surface area contributed by atoms with Gasteiger partial charge in [0.25, 0.3) is 5.91 Å². The highest BCUT2D eigenvalue weighted by Crippen LogP contribution is 2.38. The Bertz CT molecular complexity index is 2160. The summed E-state index contributed by atoms with van der Waals surface area (Å²) in [4.78, 5) is 19.9. The lowest BCUT2D eigenvalue weighted by Crippen LogP contribution is -2.36. The number of aromatic nitrogens is 2. The number of halogens is 2. The van der Waals surface area contributed by atoms with Crippen molar-refractivity contribution in [1.29, 1.82) is 0 Å². The Kier molecular flexibility index (Phi) is 8.14. The summed E-state index contributed by atoms with van der Waals surface area (Å²) in [5.74, 6) is -0.609. The molecular weight excluding hydrogens is 624 g/mol. The molecule has 4 heterocycles. The summed E-state index contributed by atoms with van der Waals surface area (Å²) in [6.45, 7) is 3.77. The van der Waals surface area contributed by atoms with E-state index in [1.165, 1.54) is 23.9 Å². The van der Waals surface area contributed by atoms with Crippen molar-refractivity contribution in [2.45, 2.75) is 13.0 Å². The zero-order valence-corrected chi connectivity index (χ0v) is 26.6. The fraction of sp³-hybridized carbons (Fsp3) is 0.179. The normalized spacial score (nSPS) is 14.1. The maximum Gasteiger partial charge on any atom is 0.257 e. The molecule has 1 saturated heterocycles. The van der Waals surface area contributed by atoms with E-state index in [1.807, 2.05) is 54.7 Å². The first-order chi connectivity index (χ1) is 24.0. The fourth-order valence-electron chi connectivity index (χ4n) is 6.52. The molecule has 4 aromatic carbocycles. The van der Waals surface area contributed by atoms with Crippen molar-refractivity contribution in [3.8, 4) is 16.9 Å². The van der Waals surface area contributed by atoms with Crippen molar-refractivity contribution in [3.63, 3.8) is 0 Å². The molecule has 8 nitrogen and oxygen atoms in total. The molecule has 246 valence electrons. The average molecular weight is 658 g/mol. The third-order valence-corrected chi connectivity index (χ3v) is 9.12. The predicted molar refractivity (Wildman–Crippen MR) is 187 cm³/mol. The number of nitrogens with one attached hydrogen (secondary N) is 2. The number of carbonyl (C=O) groups is 1. The summed E-state index contributed by atoms with van der Waals surface area (Å²) in [5, 5.41) is 7.39. The molecule has 2 aliphatic heterocycles. The van der Waals surface area contributed by atoms with Gasteiger partial charge in [-0.05, 0) is 77.9 Å². The molecule has 0 spiro atoms. The molecule has 2 N–H and O–H groups in total. The standard InChI is InChI=1S/C39H33F2N5O3/c40-33-2-1-3-34(41)32(33)24-46-23-31(29-12-14-42-22-38(29)46)26-5-10-30-36(21-26)43-35-11-4-25(20-37(35)44-39(30)47)13-17-49-28-8-6-27(7-9-28)45-15-18-48-19-16-45/h1-12,14,20-23,43H,13,15-19,24H2,(H,44,47). The molecule has 0 bridgehead atoms. The Morgan fingerprint density at radius 1 is 0.837 bits per heavy atom. The number of hydrogen-bond donors (Lipinski definition) is 2. The van der Waals surface area contributed by atoms with E-state index in [2.05, 4.69) is 32.7 Å². The highest BCUT2D eigenvalue weighted by Gasteiger charge is 2.22. The molecule has 2 aromatic heterocycles. The van der Waals surface area contributed by atoms with Gasteiger partial charge in [-0.1, -0.05) is 18.2 Å². The third-order valence-electron chi connectivity index (χ3n) is 9.12. The third kappa shape index (κ3) is 6.18. The quantitative estimate of drug-likeness (QED) is 0.174. The molecular formula is C39H33F2N5O3. The molecule has 10 heteroatoms. The Labute approximate surface area is 281 Å². The van der Waals surface area contributed by atoms with Crippen LogP contribution in [0.2, 0.25) is 0 Å². The van der Waals surface area contributed by atoms with Gasteiger partial charge in [0.15, 0.2) is 0 Å². The van der Waals surface area contributed by atoms with Crippen molar-refractivity contribution in [2.24, 2.45) is 0 Å². The van der Waals surface area contributed by atoms with Crippen LogP contribution >= 0.6 is 0 Å². The Balaban J connectivity index is 0.996. The van der Waals surface area contributed by atoms with Crippen molar-refractivity contribution in [1.82, 2.24) is 9.55 Å². The topological polar surface area (TPSA) is 80.6 Å². The fourth-order valence-corrected chi connectivity index (χ4v) is 6.52. The molecule has 0 saturated carbocycles. The van der Waals surface area contributed by atoms with Crippen LogP contribution in [0.1, 0.15) is 21.5 Å². The highest BCUT2D eigenvalue weighted by molar-refractivity contribution is 6.13. The first-order valence-corrected chi connectivity index (χ1v) is 16.3. The number of morpholine rings is 1. The van der Waals surface area contributed by atoms with E-state index in [0.29, 0.717) is 30.0 Å². The van der Waals surface area contributed by atoms with Crippen molar-refractivity contribution in [2.75, 3.05) is 48.4 Å². The van der Waals surface area contributed by atoms with Crippen LogP contribution in [0.15, 0.2) is 104 Å². The van der Waals surface area contributed by atoms with Crippen LogP contribution in [0.5, 0.6) is 5.75 Å². The van der Waals surface area contributed by atoms with E-state index in [1.54, 1.807) is 23.0 Å². The van der Waals surface area contributed by atoms with Crippen LogP contribution in [0.3, 0.4) is 0 Å². The van der Waals surface area contributed by atoms with Crippen LogP contribution in [0, 0.1) is 11.6 Å². The van der Waals surface area contributed by atoms with Gasteiger partial charge in [-0.3, -0.25) is 9.78 Å². The van der Waals surface area contributed by atoms with E-state index < -0.39 is 11.6 Å². The Hall–Kier alpha value is -5.74.